The maximum Gasteiger partial charge on any atom is 0.219 e. The van der Waals surface area contributed by atoms with Crippen molar-refractivity contribution in [2.75, 3.05) is 12.0 Å². The van der Waals surface area contributed by atoms with Crippen LogP contribution < -0.4 is 15.4 Å². The smallest absolute Gasteiger partial charge is 0.219 e. The fourth-order valence-corrected chi connectivity index (χ4v) is 6.56. The molecule has 7 nitrogen and oxygen atoms in total. The average molecular weight is 536 g/mol. The van der Waals surface area contributed by atoms with E-state index in [-0.39, 0.29) is 11.6 Å². The quantitative estimate of drug-likeness (QED) is 0.395. The maximum absolute atomic E-state index is 13.3. The summed E-state index contributed by atoms with van der Waals surface area (Å²) in [7, 11) is 1.58. The summed E-state index contributed by atoms with van der Waals surface area (Å²) in [6.07, 6.45) is 1.78. The Morgan fingerprint density at radius 1 is 1.22 bits per heavy atom. The highest BCUT2D eigenvalue weighted by Gasteiger charge is 2.42. The van der Waals surface area contributed by atoms with Gasteiger partial charge < -0.3 is 10.5 Å². The van der Waals surface area contributed by atoms with E-state index in [0.717, 1.165) is 21.2 Å². The van der Waals surface area contributed by atoms with E-state index in [1.807, 2.05) is 48.5 Å². The van der Waals surface area contributed by atoms with Crippen molar-refractivity contribution in [1.82, 2.24) is 10.2 Å². The number of Topliss-reactive ketones (excluding diaryl/α,β-unsaturated/α-hetero) is 1. The van der Waals surface area contributed by atoms with Crippen molar-refractivity contribution in [2.45, 2.75) is 35.3 Å². The molecular weight excluding hydrogens is 514 g/mol. The Labute approximate surface area is 222 Å². The average Bonchev–Trinajstić information content (AvgIpc) is 3.36. The minimum atomic E-state index is -0.586. The lowest BCUT2D eigenvalue weighted by Gasteiger charge is -2.38. The fourth-order valence-electron chi connectivity index (χ4n) is 4.60. The number of allylic oxidation sites excluding steroid dienone is 3. The van der Waals surface area contributed by atoms with Crippen LogP contribution in [0.1, 0.15) is 36.3 Å². The topological polar surface area (TPSA) is 105 Å². The molecule has 0 amide bonds. The van der Waals surface area contributed by atoms with Crippen LogP contribution in [0.15, 0.2) is 75.5 Å². The summed E-state index contributed by atoms with van der Waals surface area (Å²) in [5, 5.41) is 20.2. The number of nitrogens with zero attached hydrogens (tertiary/aromatic N) is 4. The summed E-state index contributed by atoms with van der Waals surface area (Å²) in [5.41, 5.74) is 10.2. The molecule has 0 saturated carbocycles. The van der Waals surface area contributed by atoms with E-state index in [1.54, 1.807) is 23.8 Å². The van der Waals surface area contributed by atoms with E-state index in [1.165, 1.54) is 11.3 Å². The zero-order valence-electron chi connectivity index (χ0n) is 19.4. The standard InChI is InChI=1S/C26H22ClN5O2S2/c1-34-21-8-3-2-5-17(21)22-18(13-28)24(29)32(19-6-4-7-20(33)23(19)22)25-30-31-26(36-25)35-14-15-9-11-16(27)12-10-15/h2-3,5,8-12,22H,4,6-7,14,29H2,1H3. The van der Waals surface area contributed by atoms with Crippen molar-refractivity contribution in [3.8, 4) is 11.8 Å². The molecule has 1 aromatic heterocycles. The van der Waals surface area contributed by atoms with Gasteiger partial charge in [0.25, 0.3) is 0 Å². The van der Waals surface area contributed by atoms with Gasteiger partial charge in [-0.15, -0.1) is 10.2 Å². The first kappa shape index (κ1) is 24.4. The van der Waals surface area contributed by atoms with E-state index in [4.69, 9.17) is 22.1 Å². The van der Waals surface area contributed by atoms with E-state index in [0.29, 0.717) is 52.1 Å². The minimum Gasteiger partial charge on any atom is -0.496 e. The van der Waals surface area contributed by atoms with E-state index in [9.17, 15) is 10.1 Å². The van der Waals surface area contributed by atoms with Crippen molar-refractivity contribution in [3.63, 3.8) is 0 Å². The van der Waals surface area contributed by atoms with Crippen molar-refractivity contribution in [2.24, 2.45) is 5.73 Å². The number of nitrogens with two attached hydrogens (primary N) is 1. The zero-order valence-corrected chi connectivity index (χ0v) is 21.8. The number of nitriles is 1. The highest BCUT2D eigenvalue weighted by atomic mass is 35.5. The molecular formula is C26H22ClN5O2S2. The van der Waals surface area contributed by atoms with Crippen LogP contribution in [0.2, 0.25) is 5.02 Å². The first-order valence-electron chi connectivity index (χ1n) is 11.3. The predicted molar refractivity (Wildman–Crippen MR) is 142 cm³/mol. The third-order valence-electron chi connectivity index (χ3n) is 6.23. The van der Waals surface area contributed by atoms with Crippen LogP contribution >= 0.6 is 34.7 Å². The van der Waals surface area contributed by atoms with Gasteiger partial charge in [0.15, 0.2) is 10.1 Å². The lowest BCUT2D eigenvalue weighted by molar-refractivity contribution is -0.116. The SMILES string of the molecule is COc1ccccc1C1C(C#N)=C(N)N(c2nnc(SCc3ccc(Cl)cc3)s2)C2=C1C(=O)CCC2. The van der Waals surface area contributed by atoms with Gasteiger partial charge in [0.1, 0.15) is 11.6 Å². The van der Waals surface area contributed by atoms with Crippen molar-refractivity contribution < 1.29 is 9.53 Å². The number of carbonyl (C=O) groups excluding carboxylic acids is 1. The third-order valence-corrected chi connectivity index (χ3v) is 8.59. The maximum atomic E-state index is 13.3. The number of halogens is 1. The van der Waals surface area contributed by atoms with Gasteiger partial charge in [-0.2, -0.15) is 5.26 Å². The highest BCUT2D eigenvalue weighted by Crippen LogP contribution is 2.48. The number of ether oxygens (including phenoxy) is 1. The van der Waals surface area contributed by atoms with Gasteiger partial charge >= 0.3 is 0 Å². The fraction of sp³-hybridized carbons (Fsp3) is 0.231. The van der Waals surface area contributed by atoms with Crippen LogP contribution in [0.4, 0.5) is 5.13 Å². The molecule has 36 heavy (non-hydrogen) atoms. The van der Waals surface area contributed by atoms with Crippen LogP contribution in [0.5, 0.6) is 5.75 Å². The molecule has 2 aromatic carbocycles. The molecule has 2 N–H and O–H groups in total. The molecule has 2 aliphatic rings. The molecule has 1 aliphatic carbocycles. The summed E-state index contributed by atoms with van der Waals surface area (Å²) in [6.45, 7) is 0. The Morgan fingerprint density at radius 3 is 2.75 bits per heavy atom. The first-order chi connectivity index (χ1) is 17.5. The number of benzene rings is 2. The number of ketones is 1. The van der Waals surface area contributed by atoms with E-state index >= 15 is 0 Å². The van der Waals surface area contributed by atoms with Gasteiger partial charge in [-0.25, -0.2) is 0 Å². The van der Waals surface area contributed by atoms with Crippen LogP contribution in [-0.4, -0.2) is 23.1 Å². The van der Waals surface area contributed by atoms with Crippen LogP contribution in [-0.2, 0) is 10.5 Å². The lowest BCUT2D eigenvalue weighted by Crippen LogP contribution is -2.38. The molecule has 0 saturated heterocycles. The number of aromatic nitrogens is 2. The molecule has 0 bridgehead atoms. The van der Waals surface area contributed by atoms with Gasteiger partial charge in [0.2, 0.25) is 5.13 Å². The normalized spacial score (nSPS) is 17.8. The Kier molecular flexibility index (Phi) is 7.01. The van der Waals surface area contributed by atoms with Gasteiger partial charge in [-0.05, 0) is 36.6 Å². The number of hydrogen-bond donors (Lipinski definition) is 1. The van der Waals surface area contributed by atoms with E-state index < -0.39 is 5.92 Å². The summed E-state index contributed by atoms with van der Waals surface area (Å²) in [6, 6.07) is 17.4. The Hall–Kier alpha value is -3.32. The number of methoxy groups -OCH3 is 1. The predicted octanol–water partition coefficient (Wildman–Crippen LogP) is 5.80. The number of para-hydroxylation sites is 1. The molecule has 3 aromatic rings. The lowest BCUT2D eigenvalue weighted by atomic mass is 9.75. The summed E-state index contributed by atoms with van der Waals surface area (Å²) in [5.74, 6) is 1.02. The van der Waals surface area contributed by atoms with Crippen molar-refractivity contribution in [3.05, 3.63) is 87.3 Å². The third kappa shape index (κ3) is 4.48. The largest absolute Gasteiger partial charge is 0.496 e. The molecule has 1 atom stereocenters. The summed E-state index contributed by atoms with van der Waals surface area (Å²) < 4.78 is 6.34. The Bertz CT molecular complexity index is 1420. The summed E-state index contributed by atoms with van der Waals surface area (Å²) >= 11 is 8.93. The molecule has 0 spiro atoms. The van der Waals surface area contributed by atoms with E-state index in [2.05, 4.69) is 16.3 Å². The number of hydrogen-bond acceptors (Lipinski definition) is 9. The molecule has 5 rings (SSSR count). The van der Waals surface area contributed by atoms with Crippen LogP contribution in [0, 0.1) is 11.3 Å². The van der Waals surface area contributed by atoms with Crippen LogP contribution in [0.3, 0.4) is 0 Å². The van der Waals surface area contributed by atoms with Crippen molar-refractivity contribution >= 4 is 45.6 Å². The molecule has 10 heteroatoms. The van der Waals surface area contributed by atoms with Crippen LogP contribution in [0.25, 0.3) is 0 Å². The second-order valence-electron chi connectivity index (χ2n) is 8.32. The molecule has 2 heterocycles. The zero-order chi connectivity index (χ0) is 25.2. The first-order valence-corrected chi connectivity index (χ1v) is 13.5. The van der Waals surface area contributed by atoms with Crippen molar-refractivity contribution in [1.29, 1.82) is 5.26 Å². The Morgan fingerprint density at radius 2 is 2.00 bits per heavy atom. The second kappa shape index (κ2) is 10.3. The minimum absolute atomic E-state index is 0.0132. The molecule has 1 unspecified atom stereocenters. The van der Waals surface area contributed by atoms with Gasteiger partial charge in [0.05, 0.1) is 24.7 Å². The number of thioether (sulfide) groups is 1. The van der Waals surface area contributed by atoms with Gasteiger partial charge in [-0.1, -0.05) is 65.0 Å². The van der Waals surface area contributed by atoms with Gasteiger partial charge in [-0.3, -0.25) is 9.69 Å². The molecule has 182 valence electrons. The van der Waals surface area contributed by atoms with Gasteiger partial charge in [0, 0.05) is 34.0 Å². The second-order valence-corrected chi connectivity index (χ2v) is 10.9. The molecule has 0 fully saturated rings. The Balaban J connectivity index is 1.54. The number of anilines is 1. The monoisotopic (exact) mass is 535 g/mol. The molecule has 1 aliphatic heterocycles. The number of carbonyl (C=O) groups is 1. The number of rotatable bonds is 6. The molecule has 0 radical (unpaired) electrons. The summed E-state index contributed by atoms with van der Waals surface area (Å²) in [4.78, 5) is 15.1. The highest BCUT2D eigenvalue weighted by molar-refractivity contribution is 8.00.